The van der Waals surface area contributed by atoms with E-state index < -0.39 is 0 Å². The fourth-order valence-corrected chi connectivity index (χ4v) is 2.64. The highest BCUT2D eigenvalue weighted by atomic mass is 35.5. The van der Waals surface area contributed by atoms with Gasteiger partial charge in [0.15, 0.2) is 0 Å². The molecule has 1 atom stereocenters. The molecule has 1 unspecified atom stereocenters. The Hall–Kier alpha value is -2.37. The van der Waals surface area contributed by atoms with Crippen LogP contribution in [0.2, 0.25) is 5.02 Å². The first kappa shape index (κ1) is 17.5. The van der Waals surface area contributed by atoms with Gasteiger partial charge in [-0.15, -0.1) is 10.2 Å². The van der Waals surface area contributed by atoms with E-state index in [2.05, 4.69) is 34.2 Å². The van der Waals surface area contributed by atoms with Crippen molar-refractivity contribution in [2.24, 2.45) is 0 Å². The van der Waals surface area contributed by atoms with Gasteiger partial charge in [0.1, 0.15) is 5.75 Å². The smallest absolute Gasteiger partial charge is 0.247 e. The molecule has 3 rings (SSSR count). The zero-order chi connectivity index (χ0) is 17.8. The van der Waals surface area contributed by atoms with Crippen LogP contribution in [0.1, 0.15) is 24.4 Å². The maximum absolute atomic E-state index is 5.90. The average molecular weight is 358 g/mol. The number of benzene rings is 2. The minimum Gasteiger partial charge on any atom is -0.497 e. The fourth-order valence-electron chi connectivity index (χ4n) is 2.51. The van der Waals surface area contributed by atoms with Gasteiger partial charge in [0.05, 0.1) is 13.7 Å². The Bertz CT molecular complexity index is 815. The highest BCUT2D eigenvalue weighted by molar-refractivity contribution is 6.30. The Balaban J connectivity index is 1.68. The van der Waals surface area contributed by atoms with Crippen LogP contribution in [0.4, 0.5) is 0 Å². The fraction of sp³-hybridized carbons (Fsp3) is 0.263. The van der Waals surface area contributed by atoms with E-state index in [1.165, 1.54) is 5.56 Å². The number of halogens is 1. The van der Waals surface area contributed by atoms with Gasteiger partial charge in [-0.3, -0.25) is 4.90 Å². The second-order valence-corrected chi connectivity index (χ2v) is 6.31. The Morgan fingerprint density at radius 1 is 1.08 bits per heavy atom. The Labute approximate surface area is 152 Å². The molecule has 0 radical (unpaired) electrons. The highest BCUT2D eigenvalue weighted by Gasteiger charge is 2.16. The summed E-state index contributed by atoms with van der Waals surface area (Å²) in [6.07, 6.45) is 0. The molecule has 0 amide bonds. The lowest BCUT2D eigenvalue weighted by Crippen LogP contribution is -2.22. The van der Waals surface area contributed by atoms with Crippen molar-refractivity contribution in [1.29, 1.82) is 0 Å². The van der Waals surface area contributed by atoms with Crippen LogP contribution < -0.4 is 4.74 Å². The average Bonchev–Trinajstić information content (AvgIpc) is 3.10. The third kappa shape index (κ3) is 4.18. The molecule has 0 bridgehead atoms. The number of hydrogen-bond acceptors (Lipinski definition) is 5. The first-order valence-corrected chi connectivity index (χ1v) is 8.37. The van der Waals surface area contributed by atoms with Gasteiger partial charge in [-0.1, -0.05) is 23.7 Å². The molecule has 0 saturated heterocycles. The van der Waals surface area contributed by atoms with Crippen molar-refractivity contribution >= 4 is 11.6 Å². The molecule has 1 heterocycles. The summed E-state index contributed by atoms with van der Waals surface area (Å²) in [6.45, 7) is 2.70. The zero-order valence-electron chi connectivity index (χ0n) is 14.4. The van der Waals surface area contributed by atoms with Crippen molar-refractivity contribution in [3.8, 4) is 17.2 Å². The van der Waals surface area contributed by atoms with Crippen LogP contribution in [0, 0.1) is 0 Å². The highest BCUT2D eigenvalue weighted by Crippen LogP contribution is 2.24. The van der Waals surface area contributed by atoms with Crippen LogP contribution >= 0.6 is 11.6 Å². The summed E-state index contributed by atoms with van der Waals surface area (Å²) in [5, 5.41) is 8.95. The Kier molecular flexibility index (Phi) is 5.36. The van der Waals surface area contributed by atoms with Crippen molar-refractivity contribution in [2.45, 2.75) is 19.5 Å². The van der Waals surface area contributed by atoms with Gasteiger partial charge in [-0.25, -0.2) is 0 Å². The summed E-state index contributed by atoms with van der Waals surface area (Å²) in [5.74, 6) is 1.92. The molecule has 5 nitrogen and oxygen atoms in total. The molecule has 0 spiro atoms. The number of aromatic nitrogens is 2. The van der Waals surface area contributed by atoms with Crippen molar-refractivity contribution in [3.63, 3.8) is 0 Å². The molecular formula is C19H20ClN3O2. The molecule has 130 valence electrons. The van der Waals surface area contributed by atoms with Crippen LogP contribution in [0.15, 0.2) is 52.9 Å². The molecular weight excluding hydrogens is 338 g/mol. The van der Waals surface area contributed by atoms with Crippen molar-refractivity contribution in [1.82, 2.24) is 15.1 Å². The van der Waals surface area contributed by atoms with Crippen LogP contribution in [0.3, 0.4) is 0 Å². The van der Waals surface area contributed by atoms with Gasteiger partial charge in [0.2, 0.25) is 11.8 Å². The van der Waals surface area contributed by atoms with Crippen LogP contribution in [0.25, 0.3) is 11.5 Å². The van der Waals surface area contributed by atoms with Gasteiger partial charge in [0.25, 0.3) is 0 Å². The van der Waals surface area contributed by atoms with Crippen LogP contribution in [-0.2, 0) is 6.54 Å². The van der Waals surface area contributed by atoms with E-state index in [0.717, 1.165) is 11.3 Å². The quantitative estimate of drug-likeness (QED) is 0.645. The van der Waals surface area contributed by atoms with E-state index in [0.29, 0.717) is 23.3 Å². The maximum Gasteiger partial charge on any atom is 0.247 e. The molecule has 0 N–H and O–H groups in total. The third-order valence-corrected chi connectivity index (χ3v) is 4.45. The SMILES string of the molecule is COc1ccc(C(C)N(C)Cc2nnc(-c3ccc(Cl)cc3)o2)cc1. The van der Waals surface area contributed by atoms with E-state index >= 15 is 0 Å². The number of ether oxygens (including phenoxy) is 1. The van der Waals surface area contributed by atoms with Gasteiger partial charge in [-0.2, -0.15) is 0 Å². The molecule has 0 aliphatic carbocycles. The monoisotopic (exact) mass is 357 g/mol. The minimum atomic E-state index is 0.205. The van der Waals surface area contributed by atoms with Crippen LogP contribution in [-0.4, -0.2) is 29.3 Å². The van der Waals surface area contributed by atoms with Gasteiger partial charge in [-0.05, 0) is 55.9 Å². The molecule has 25 heavy (non-hydrogen) atoms. The molecule has 0 aliphatic rings. The van der Waals surface area contributed by atoms with E-state index in [4.69, 9.17) is 20.8 Å². The number of methoxy groups -OCH3 is 1. The summed E-state index contributed by atoms with van der Waals surface area (Å²) < 4.78 is 11.0. The molecule has 3 aromatic rings. The summed E-state index contributed by atoms with van der Waals surface area (Å²) in [5.41, 5.74) is 2.05. The van der Waals surface area contributed by atoms with Crippen LogP contribution in [0.5, 0.6) is 5.75 Å². The lowest BCUT2D eigenvalue weighted by Gasteiger charge is -2.23. The lowest BCUT2D eigenvalue weighted by molar-refractivity contribution is 0.228. The topological polar surface area (TPSA) is 51.4 Å². The zero-order valence-corrected chi connectivity index (χ0v) is 15.2. The predicted molar refractivity (Wildman–Crippen MR) is 97.6 cm³/mol. The van der Waals surface area contributed by atoms with Crippen molar-refractivity contribution < 1.29 is 9.15 Å². The Morgan fingerprint density at radius 2 is 1.76 bits per heavy atom. The molecule has 1 aromatic heterocycles. The normalized spacial score (nSPS) is 12.4. The standard InChI is InChI=1S/C19H20ClN3O2/c1-13(14-6-10-17(24-3)11-7-14)23(2)12-18-21-22-19(25-18)15-4-8-16(20)9-5-15/h4-11,13H,12H2,1-3H3. The lowest BCUT2D eigenvalue weighted by atomic mass is 10.1. The minimum absolute atomic E-state index is 0.205. The molecule has 0 saturated carbocycles. The summed E-state index contributed by atoms with van der Waals surface area (Å²) in [7, 11) is 3.69. The van der Waals surface area contributed by atoms with Gasteiger partial charge >= 0.3 is 0 Å². The van der Waals surface area contributed by atoms with Gasteiger partial charge in [0, 0.05) is 16.6 Å². The first-order valence-electron chi connectivity index (χ1n) is 7.99. The first-order chi connectivity index (χ1) is 12.1. The second-order valence-electron chi connectivity index (χ2n) is 5.87. The summed E-state index contributed by atoms with van der Waals surface area (Å²) in [6, 6.07) is 15.6. The molecule has 6 heteroatoms. The Morgan fingerprint density at radius 3 is 2.40 bits per heavy atom. The van der Waals surface area contributed by atoms with E-state index in [-0.39, 0.29) is 6.04 Å². The maximum atomic E-state index is 5.90. The van der Waals surface area contributed by atoms with Crippen molar-refractivity contribution in [3.05, 3.63) is 65.0 Å². The van der Waals surface area contributed by atoms with E-state index in [1.807, 2.05) is 31.3 Å². The second kappa shape index (κ2) is 7.68. The van der Waals surface area contributed by atoms with Gasteiger partial charge < -0.3 is 9.15 Å². The summed E-state index contributed by atoms with van der Waals surface area (Å²) >= 11 is 5.90. The van der Waals surface area contributed by atoms with E-state index in [1.54, 1.807) is 19.2 Å². The predicted octanol–water partition coefficient (Wildman–Crippen LogP) is 4.59. The number of rotatable bonds is 6. The summed E-state index contributed by atoms with van der Waals surface area (Å²) in [4.78, 5) is 2.15. The number of nitrogens with zero attached hydrogens (tertiary/aromatic N) is 3. The molecule has 0 fully saturated rings. The third-order valence-electron chi connectivity index (χ3n) is 4.20. The van der Waals surface area contributed by atoms with E-state index in [9.17, 15) is 0 Å². The molecule has 0 aliphatic heterocycles. The number of hydrogen-bond donors (Lipinski definition) is 0. The molecule has 2 aromatic carbocycles. The van der Waals surface area contributed by atoms with Crippen molar-refractivity contribution in [2.75, 3.05) is 14.2 Å². The largest absolute Gasteiger partial charge is 0.497 e.